The minimum absolute atomic E-state index is 0.0335. The molecule has 0 bridgehead atoms. The molecule has 3 aromatic rings. The average molecular weight is 348 g/mol. The molecule has 1 amide bonds. The number of para-hydroxylation sites is 1. The summed E-state index contributed by atoms with van der Waals surface area (Å²) in [7, 11) is 1.64. The van der Waals surface area contributed by atoms with E-state index >= 15 is 0 Å². The number of hydrogen-bond donors (Lipinski definition) is 0. The molecular formula is C20H16N2O2S. The summed E-state index contributed by atoms with van der Waals surface area (Å²) in [6.45, 7) is 0. The van der Waals surface area contributed by atoms with Crippen molar-refractivity contribution >= 4 is 23.4 Å². The molecule has 0 radical (unpaired) electrons. The van der Waals surface area contributed by atoms with Crippen molar-refractivity contribution in [2.45, 2.75) is 10.4 Å². The van der Waals surface area contributed by atoms with E-state index in [0.717, 1.165) is 22.0 Å². The van der Waals surface area contributed by atoms with E-state index in [1.807, 2.05) is 65.6 Å². The van der Waals surface area contributed by atoms with Gasteiger partial charge in [-0.15, -0.1) is 0 Å². The second kappa shape index (κ2) is 6.61. The van der Waals surface area contributed by atoms with Crippen molar-refractivity contribution in [3.63, 3.8) is 0 Å². The van der Waals surface area contributed by atoms with Crippen LogP contribution in [0.3, 0.4) is 0 Å². The van der Waals surface area contributed by atoms with E-state index < -0.39 is 0 Å². The Balaban J connectivity index is 1.82. The molecule has 5 heteroatoms. The normalized spacial score (nSPS) is 16.4. The lowest BCUT2D eigenvalue weighted by Gasteiger charge is -2.35. The number of methoxy groups -OCH3 is 1. The highest BCUT2D eigenvalue weighted by Gasteiger charge is 2.35. The Hall–Kier alpha value is -2.79. The van der Waals surface area contributed by atoms with E-state index in [0.29, 0.717) is 5.56 Å². The summed E-state index contributed by atoms with van der Waals surface area (Å²) in [5, 5.41) is 0.587. The summed E-state index contributed by atoms with van der Waals surface area (Å²) in [6, 6.07) is 21.2. The van der Waals surface area contributed by atoms with Gasteiger partial charge < -0.3 is 4.74 Å². The first-order valence-corrected chi connectivity index (χ1v) is 8.80. The third-order valence-corrected chi connectivity index (χ3v) is 5.37. The smallest absolute Gasteiger partial charge is 0.262 e. The summed E-state index contributed by atoms with van der Waals surface area (Å²) in [5.74, 6) is 0.759. The van der Waals surface area contributed by atoms with Gasteiger partial charge >= 0.3 is 0 Å². The van der Waals surface area contributed by atoms with E-state index in [4.69, 9.17) is 4.74 Å². The Morgan fingerprint density at radius 1 is 1.00 bits per heavy atom. The van der Waals surface area contributed by atoms with Gasteiger partial charge in [-0.25, -0.2) is 4.98 Å². The predicted molar refractivity (Wildman–Crippen MR) is 99.1 cm³/mol. The number of aromatic nitrogens is 1. The van der Waals surface area contributed by atoms with E-state index in [-0.39, 0.29) is 11.3 Å². The molecule has 0 fully saturated rings. The van der Waals surface area contributed by atoms with E-state index in [9.17, 15) is 4.79 Å². The van der Waals surface area contributed by atoms with Crippen molar-refractivity contribution < 1.29 is 9.53 Å². The lowest BCUT2D eigenvalue weighted by Crippen LogP contribution is -2.37. The lowest BCUT2D eigenvalue weighted by molar-refractivity contribution is 0.0978. The SMILES string of the molecule is COc1ccc(C2Sc3ncccc3C(=O)N2c2ccccc2)cc1. The van der Waals surface area contributed by atoms with Crippen molar-refractivity contribution in [2.75, 3.05) is 12.0 Å². The summed E-state index contributed by atoms with van der Waals surface area (Å²) < 4.78 is 5.25. The van der Waals surface area contributed by atoms with Crippen LogP contribution in [0, 0.1) is 0 Å². The molecule has 2 aromatic carbocycles. The number of nitrogens with zero attached hydrogens (tertiary/aromatic N) is 2. The van der Waals surface area contributed by atoms with Gasteiger partial charge in [0.05, 0.1) is 12.7 Å². The second-order valence-corrected chi connectivity index (χ2v) is 6.68. The number of benzene rings is 2. The van der Waals surface area contributed by atoms with Crippen LogP contribution in [0.2, 0.25) is 0 Å². The van der Waals surface area contributed by atoms with Crippen LogP contribution in [0.25, 0.3) is 0 Å². The molecule has 0 aliphatic carbocycles. The molecule has 1 unspecified atom stereocenters. The monoisotopic (exact) mass is 348 g/mol. The number of ether oxygens (including phenoxy) is 1. The molecule has 0 spiro atoms. The molecule has 124 valence electrons. The van der Waals surface area contributed by atoms with Gasteiger partial charge in [0.1, 0.15) is 16.1 Å². The van der Waals surface area contributed by atoms with Gasteiger partial charge in [0, 0.05) is 11.9 Å². The highest BCUT2D eigenvalue weighted by atomic mass is 32.2. The van der Waals surface area contributed by atoms with Crippen molar-refractivity contribution in [3.8, 4) is 5.75 Å². The van der Waals surface area contributed by atoms with Gasteiger partial charge in [-0.05, 0) is 42.0 Å². The quantitative estimate of drug-likeness (QED) is 0.697. The number of carbonyl (C=O) groups excluding carboxylic acids is 1. The highest BCUT2D eigenvalue weighted by Crippen LogP contribution is 2.45. The zero-order chi connectivity index (χ0) is 17.2. The molecule has 1 aliphatic heterocycles. The van der Waals surface area contributed by atoms with Crippen LogP contribution in [0.15, 0.2) is 78.0 Å². The number of rotatable bonds is 3. The fraction of sp³-hybridized carbons (Fsp3) is 0.100. The van der Waals surface area contributed by atoms with E-state index in [1.54, 1.807) is 31.1 Å². The first-order valence-electron chi connectivity index (χ1n) is 7.92. The number of amides is 1. The van der Waals surface area contributed by atoms with E-state index in [2.05, 4.69) is 4.98 Å². The molecule has 25 heavy (non-hydrogen) atoms. The van der Waals surface area contributed by atoms with Crippen molar-refractivity contribution in [3.05, 3.63) is 84.1 Å². The topological polar surface area (TPSA) is 42.4 Å². The lowest BCUT2D eigenvalue weighted by atomic mass is 10.1. The maximum Gasteiger partial charge on any atom is 0.262 e. The van der Waals surface area contributed by atoms with Crippen LogP contribution in [0.5, 0.6) is 5.75 Å². The molecule has 4 rings (SSSR count). The average Bonchev–Trinajstić information content (AvgIpc) is 2.69. The molecule has 1 atom stereocenters. The van der Waals surface area contributed by atoms with Gasteiger partial charge in [-0.3, -0.25) is 9.69 Å². The highest BCUT2D eigenvalue weighted by molar-refractivity contribution is 7.99. The number of pyridine rings is 1. The molecular weight excluding hydrogens is 332 g/mol. The molecule has 1 aromatic heterocycles. The zero-order valence-electron chi connectivity index (χ0n) is 13.6. The van der Waals surface area contributed by atoms with Crippen molar-refractivity contribution in [1.29, 1.82) is 0 Å². The van der Waals surface area contributed by atoms with Crippen LogP contribution in [0.4, 0.5) is 5.69 Å². The number of thioether (sulfide) groups is 1. The Labute approximate surface area is 150 Å². The first kappa shape index (κ1) is 15.7. The Bertz CT molecular complexity index is 897. The number of fused-ring (bicyclic) bond motifs is 1. The van der Waals surface area contributed by atoms with Crippen molar-refractivity contribution in [2.24, 2.45) is 0 Å². The number of anilines is 1. The molecule has 4 nitrogen and oxygen atoms in total. The predicted octanol–water partition coefficient (Wildman–Crippen LogP) is 4.54. The Morgan fingerprint density at radius 2 is 1.76 bits per heavy atom. The van der Waals surface area contributed by atoms with Crippen LogP contribution >= 0.6 is 11.8 Å². The first-order chi connectivity index (χ1) is 12.3. The van der Waals surface area contributed by atoms with Crippen LogP contribution in [-0.2, 0) is 0 Å². The number of carbonyl (C=O) groups is 1. The van der Waals surface area contributed by atoms with Crippen LogP contribution < -0.4 is 9.64 Å². The standard InChI is InChI=1S/C20H16N2O2S/c1-24-16-11-9-14(10-12-16)20-22(15-6-3-2-4-7-15)19(23)17-8-5-13-21-18(17)25-20/h2-13,20H,1H3. The summed E-state index contributed by atoms with van der Waals surface area (Å²) in [6.07, 6.45) is 1.72. The van der Waals surface area contributed by atoms with Crippen molar-refractivity contribution in [1.82, 2.24) is 4.98 Å². The van der Waals surface area contributed by atoms with Crippen LogP contribution in [-0.4, -0.2) is 18.0 Å². The van der Waals surface area contributed by atoms with Gasteiger partial charge in [0.15, 0.2) is 0 Å². The van der Waals surface area contributed by atoms with Gasteiger partial charge in [0.2, 0.25) is 0 Å². The fourth-order valence-electron chi connectivity index (χ4n) is 2.87. The third-order valence-electron chi connectivity index (χ3n) is 4.11. The molecule has 0 N–H and O–H groups in total. The maximum atomic E-state index is 13.2. The van der Waals surface area contributed by atoms with Gasteiger partial charge in [-0.1, -0.05) is 42.1 Å². The summed E-state index contributed by atoms with van der Waals surface area (Å²) in [5.41, 5.74) is 2.54. The second-order valence-electron chi connectivity index (χ2n) is 5.61. The maximum absolute atomic E-state index is 13.2. The fourth-order valence-corrected chi connectivity index (χ4v) is 4.10. The molecule has 2 heterocycles. The summed E-state index contributed by atoms with van der Waals surface area (Å²) >= 11 is 1.58. The molecule has 0 saturated heterocycles. The molecule has 1 aliphatic rings. The van der Waals surface area contributed by atoms with Gasteiger partial charge in [-0.2, -0.15) is 0 Å². The number of hydrogen-bond acceptors (Lipinski definition) is 4. The molecule has 0 saturated carbocycles. The minimum Gasteiger partial charge on any atom is -0.497 e. The minimum atomic E-state index is -0.178. The van der Waals surface area contributed by atoms with E-state index in [1.165, 1.54) is 0 Å². The Kier molecular flexibility index (Phi) is 4.15. The largest absolute Gasteiger partial charge is 0.497 e. The van der Waals surface area contributed by atoms with Crippen LogP contribution in [0.1, 0.15) is 21.3 Å². The Morgan fingerprint density at radius 3 is 2.48 bits per heavy atom. The summed E-state index contributed by atoms with van der Waals surface area (Å²) in [4.78, 5) is 19.4. The third kappa shape index (κ3) is 2.87. The zero-order valence-corrected chi connectivity index (χ0v) is 14.4. The van der Waals surface area contributed by atoms with Gasteiger partial charge in [0.25, 0.3) is 5.91 Å².